The van der Waals surface area contributed by atoms with E-state index in [1.54, 1.807) is 17.3 Å². The number of rotatable bonds is 4. The van der Waals surface area contributed by atoms with Gasteiger partial charge >= 0.3 is 0 Å². The van der Waals surface area contributed by atoms with Crippen molar-refractivity contribution in [1.82, 2.24) is 25.4 Å². The summed E-state index contributed by atoms with van der Waals surface area (Å²) in [6, 6.07) is 3.18. The number of pyridine rings is 1. The lowest BCUT2D eigenvalue weighted by Crippen LogP contribution is -2.42. The lowest BCUT2D eigenvalue weighted by Gasteiger charge is -2.31. The van der Waals surface area contributed by atoms with Crippen LogP contribution in [0.5, 0.6) is 0 Å². The molecule has 0 spiro atoms. The predicted octanol–water partition coefficient (Wildman–Crippen LogP) is 3.35. The topological polar surface area (TPSA) is 87.7 Å². The van der Waals surface area contributed by atoms with Crippen LogP contribution in [0.3, 0.4) is 0 Å². The maximum absolute atomic E-state index is 13.7. The number of aryl methyl sites for hydroxylation is 1. The van der Waals surface area contributed by atoms with Crippen LogP contribution in [-0.2, 0) is 11.2 Å². The average Bonchev–Trinajstić information content (AvgIpc) is 3.16. The Hall–Kier alpha value is -2.87. The fourth-order valence-corrected chi connectivity index (χ4v) is 3.58. The van der Waals surface area contributed by atoms with Crippen molar-refractivity contribution in [3.05, 3.63) is 52.8 Å². The molecule has 0 aromatic carbocycles. The van der Waals surface area contributed by atoms with Crippen molar-refractivity contribution in [3.63, 3.8) is 0 Å². The SMILES string of the molecule is Cc1cnncc1-c1cc(N2CCC[C@@H](Cc3cnc(Cl)c(F)c3)C2=O)[nH]n1. The summed E-state index contributed by atoms with van der Waals surface area (Å²) in [4.78, 5) is 18.5. The molecular formula is C19H18ClFN6O. The number of amides is 1. The molecule has 9 heteroatoms. The van der Waals surface area contributed by atoms with Gasteiger partial charge in [0.2, 0.25) is 5.91 Å². The fraction of sp³-hybridized carbons (Fsp3) is 0.316. The van der Waals surface area contributed by atoms with E-state index < -0.39 is 5.82 Å². The van der Waals surface area contributed by atoms with Crippen LogP contribution < -0.4 is 4.90 Å². The van der Waals surface area contributed by atoms with Gasteiger partial charge in [-0.3, -0.25) is 14.8 Å². The van der Waals surface area contributed by atoms with Crippen LogP contribution in [0.4, 0.5) is 10.2 Å². The number of aromatic amines is 1. The molecule has 0 bridgehead atoms. The van der Waals surface area contributed by atoms with Crippen LogP contribution in [0, 0.1) is 18.7 Å². The molecule has 0 unspecified atom stereocenters. The number of halogens is 2. The highest BCUT2D eigenvalue weighted by Crippen LogP contribution is 2.29. The zero-order valence-corrected chi connectivity index (χ0v) is 15.9. The second-order valence-electron chi connectivity index (χ2n) is 6.87. The molecule has 1 aliphatic rings. The molecule has 3 aromatic heterocycles. The number of nitrogens with one attached hydrogen (secondary N) is 1. The molecule has 28 heavy (non-hydrogen) atoms. The highest BCUT2D eigenvalue weighted by Gasteiger charge is 2.31. The Morgan fingerprint density at radius 3 is 2.89 bits per heavy atom. The highest BCUT2D eigenvalue weighted by molar-refractivity contribution is 6.29. The Morgan fingerprint density at radius 1 is 1.29 bits per heavy atom. The molecule has 1 saturated heterocycles. The van der Waals surface area contributed by atoms with E-state index in [2.05, 4.69) is 25.4 Å². The minimum absolute atomic E-state index is 0.0126. The van der Waals surface area contributed by atoms with E-state index in [1.807, 2.05) is 13.0 Å². The van der Waals surface area contributed by atoms with Gasteiger partial charge in [0, 0.05) is 30.3 Å². The maximum atomic E-state index is 13.7. The van der Waals surface area contributed by atoms with E-state index in [-0.39, 0.29) is 17.0 Å². The molecule has 0 saturated carbocycles. The first kappa shape index (κ1) is 18.5. The molecular weight excluding hydrogens is 383 g/mol. The summed E-state index contributed by atoms with van der Waals surface area (Å²) in [5.74, 6) is -0.186. The van der Waals surface area contributed by atoms with Gasteiger partial charge < -0.3 is 0 Å². The van der Waals surface area contributed by atoms with Crippen molar-refractivity contribution >= 4 is 23.3 Å². The number of piperidine rings is 1. The fourth-order valence-electron chi connectivity index (χ4n) is 3.47. The number of hydrogen-bond donors (Lipinski definition) is 1. The van der Waals surface area contributed by atoms with Crippen molar-refractivity contribution in [2.24, 2.45) is 5.92 Å². The van der Waals surface area contributed by atoms with Crippen molar-refractivity contribution in [2.45, 2.75) is 26.2 Å². The minimum Gasteiger partial charge on any atom is -0.297 e. The number of carbonyl (C=O) groups excluding carboxylic acids is 1. The molecule has 3 aromatic rings. The number of hydrogen-bond acceptors (Lipinski definition) is 5. The van der Waals surface area contributed by atoms with Gasteiger partial charge in [-0.15, -0.1) is 0 Å². The van der Waals surface area contributed by atoms with Crippen molar-refractivity contribution in [1.29, 1.82) is 0 Å². The van der Waals surface area contributed by atoms with Crippen molar-refractivity contribution in [3.8, 4) is 11.3 Å². The normalized spacial score (nSPS) is 17.2. The molecule has 1 atom stereocenters. The van der Waals surface area contributed by atoms with Gasteiger partial charge in [0.25, 0.3) is 0 Å². The van der Waals surface area contributed by atoms with E-state index in [4.69, 9.17) is 11.6 Å². The second kappa shape index (κ2) is 7.63. The van der Waals surface area contributed by atoms with E-state index in [0.717, 1.165) is 24.0 Å². The third-order valence-corrected chi connectivity index (χ3v) is 5.22. The standard InChI is InChI=1S/C19H18ClFN6O/c1-11-8-23-24-10-14(11)16-7-17(26-25-16)27-4-2-3-13(19(27)28)5-12-6-15(21)18(20)22-9-12/h6-10,13H,2-5H2,1H3,(H,25,26)/t13-/m0/s1. The lowest BCUT2D eigenvalue weighted by atomic mass is 9.91. The Balaban J connectivity index is 1.53. The Bertz CT molecular complexity index is 1020. The Kier molecular flexibility index (Phi) is 5.04. The van der Waals surface area contributed by atoms with Gasteiger partial charge in [0.1, 0.15) is 5.82 Å². The first-order valence-corrected chi connectivity index (χ1v) is 9.35. The van der Waals surface area contributed by atoms with E-state index >= 15 is 0 Å². The largest absolute Gasteiger partial charge is 0.297 e. The number of anilines is 1. The average molecular weight is 401 g/mol. The number of aromatic nitrogens is 5. The monoisotopic (exact) mass is 400 g/mol. The number of nitrogens with zero attached hydrogens (tertiary/aromatic N) is 5. The zero-order chi connectivity index (χ0) is 19.7. The van der Waals surface area contributed by atoms with Crippen LogP contribution in [0.15, 0.2) is 30.7 Å². The van der Waals surface area contributed by atoms with E-state index in [1.165, 1.54) is 12.3 Å². The summed E-state index contributed by atoms with van der Waals surface area (Å²) in [6.45, 7) is 2.54. The molecule has 0 radical (unpaired) electrons. The molecule has 1 N–H and O–H groups in total. The first-order valence-electron chi connectivity index (χ1n) is 8.97. The predicted molar refractivity (Wildman–Crippen MR) is 102 cm³/mol. The van der Waals surface area contributed by atoms with Gasteiger partial charge in [0.15, 0.2) is 11.0 Å². The van der Waals surface area contributed by atoms with Crippen molar-refractivity contribution in [2.75, 3.05) is 11.4 Å². The number of H-pyrrole nitrogens is 1. The maximum Gasteiger partial charge on any atom is 0.231 e. The summed E-state index contributed by atoms with van der Waals surface area (Å²) >= 11 is 5.64. The molecule has 1 aliphatic heterocycles. The second-order valence-corrected chi connectivity index (χ2v) is 7.23. The van der Waals surface area contributed by atoms with Gasteiger partial charge in [-0.25, -0.2) is 9.37 Å². The summed E-state index contributed by atoms with van der Waals surface area (Å²) in [6.07, 6.45) is 6.86. The van der Waals surface area contributed by atoms with Crippen LogP contribution in [0.2, 0.25) is 5.15 Å². The van der Waals surface area contributed by atoms with Crippen LogP contribution in [0.1, 0.15) is 24.0 Å². The third kappa shape index (κ3) is 3.60. The number of carbonyl (C=O) groups is 1. The van der Waals surface area contributed by atoms with E-state index in [0.29, 0.717) is 30.0 Å². The van der Waals surface area contributed by atoms with Crippen LogP contribution >= 0.6 is 11.6 Å². The van der Waals surface area contributed by atoms with Crippen LogP contribution in [0.25, 0.3) is 11.3 Å². The van der Waals surface area contributed by atoms with E-state index in [9.17, 15) is 9.18 Å². The molecule has 0 aliphatic carbocycles. The van der Waals surface area contributed by atoms with Crippen molar-refractivity contribution < 1.29 is 9.18 Å². The smallest absolute Gasteiger partial charge is 0.231 e. The summed E-state index contributed by atoms with van der Waals surface area (Å²) in [5.41, 5.74) is 3.18. The van der Waals surface area contributed by atoms with Gasteiger partial charge in [-0.1, -0.05) is 11.6 Å². The van der Waals surface area contributed by atoms with Gasteiger partial charge in [0.05, 0.1) is 18.1 Å². The molecule has 1 fully saturated rings. The third-order valence-electron chi connectivity index (χ3n) is 4.95. The van der Waals surface area contributed by atoms with Gasteiger partial charge in [-0.05, 0) is 43.4 Å². The van der Waals surface area contributed by atoms with Crippen LogP contribution in [-0.4, -0.2) is 37.8 Å². The minimum atomic E-state index is -0.571. The zero-order valence-electron chi connectivity index (χ0n) is 15.2. The Morgan fingerprint density at radius 2 is 2.11 bits per heavy atom. The van der Waals surface area contributed by atoms with Gasteiger partial charge in [-0.2, -0.15) is 15.3 Å². The Labute approximate surface area is 166 Å². The molecule has 4 heterocycles. The molecule has 4 rings (SSSR count). The summed E-state index contributed by atoms with van der Waals surface area (Å²) in [5, 5.41) is 14.9. The highest BCUT2D eigenvalue weighted by atomic mass is 35.5. The quantitative estimate of drug-likeness (QED) is 0.678. The molecule has 7 nitrogen and oxygen atoms in total. The first-order chi connectivity index (χ1) is 13.5. The molecule has 144 valence electrons. The lowest BCUT2D eigenvalue weighted by molar-refractivity contribution is -0.123. The molecule has 1 amide bonds. The summed E-state index contributed by atoms with van der Waals surface area (Å²) < 4.78 is 13.7. The summed E-state index contributed by atoms with van der Waals surface area (Å²) in [7, 11) is 0.